The Morgan fingerprint density at radius 3 is 2.40 bits per heavy atom. The van der Waals surface area contributed by atoms with Crippen molar-refractivity contribution in [2.24, 2.45) is 0 Å². The fraction of sp³-hybridized carbons (Fsp3) is 0.545. The van der Waals surface area contributed by atoms with Crippen LogP contribution < -0.4 is 5.69 Å². The molecule has 1 aromatic heterocycles. The van der Waals surface area contributed by atoms with E-state index >= 15 is 0 Å². The number of halogens is 3. The highest BCUT2D eigenvalue weighted by atomic mass is 32.2. The summed E-state index contributed by atoms with van der Waals surface area (Å²) in [6.45, 7) is 7.57. The highest BCUT2D eigenvalue weighted by Crippen LogP contribution is 2.32. The maximum absolute atomic E-state index is 12.8. The minimum Gasteiger partial charge on any atom is -0.302 e. The van der Waals surface area contributed by atoms with Crippen molar-refractivity contribution in [3.63, 3.8) is 0 Å². The van der Waals surface area contributed by atoms with E-state index in [1.54, 1.807) is 0 Å². The summed E-state index contributed by atoms with van der Waals surface area (Å²) < 4.78 is 40.1. The summed E-state index contributed by atoms with van der Waals surface area (Å²) in [4.78, 5) is 19.4. The molecular weight excluding hydrogens is 411 g/mol. The molecule has 0 bridgehead atoms. The SMILES string of the molecule is CCN(CC)CCn1c2c(c(SCc3ccc(C(F)(F)F)cc3)nc1=O)CCCC2. The van der Waals surface area contributed by atoms with Crippen LogP contribution in [-0.4, -0.2) is 34.1 Å². The second-order valence-corrected chi connectivity index (χ2v) is 8.46. The Morgan fingerprint density at radius 1 is 1.10 bits per heavy atom. The van der Waals surface area contributed by atoms with E-state index in [9.17, 15) is 18.0 Å². The molecule has 30 heavy (non-hydrogen) atoms. The van der Waals surface area contributed by atoms with Gasteiger partial charge >= 0.3 is 11.9 Å². The third-order valence-electron chi connectivity index (χ3n) is 5.64. The first kappa shape index (κ1) is 22.9. The van der Waals surface area contributed by atoms with Crippen LogP contribution in [0.1, 0.15) is 49.1 Å². The summed E-state index contributed by atoms with van der Waals surface area (Å²) >= 11 is 1.44. The number of thioether (sulfide) groups is 1. The maximum Gasteiger partial charge on any atom is 0.416 e. The van der Waals surface area contributed by atoms with Gasteiger partial charge < -0.3 is 4.90 Å². The Kier molecular flexibility index (Phi) is 7.63. The van der Waals surface area contributed by atoms with E-state index in [-0.39, 0.29) is 5.69 Å². The van der Waals surface area contributed by atoms with Gasteiger partial charge in [-0.15, -0.1) is 11.8 Å². The molecule has 0 fully saturated rings. The molecule has 1 aliphatic rings. The molecule has 2 aromatic rings. The van der Waals surface area contributed by atoms with Crippen LogP contribution in [0.3, 0.4) is 0 Å². The van der Waals surface area contributed by atoms with Gasteiger partial charge in [0.1, 0.15) is 5.03 Å². The van der Waals surface area contributed by atoms with E-state index in [1.807, 2.05) is 4.57 Å². The van der Waals surface area contributed by atoms with Gasteiger partial charge in [-0.2, -0.15) is 18.2 Å². The van der Waals surface area contributed by atoms with Gasteiger partial charge in [-0.05, 0) is 56.5 Å². The quantitative estimate of drug-likeness (QED) is 0.439. The van der Waals surface area contributed by atoms with E-state index < -0.39 is 11.7 Å². The molecule has 1 aliphatic carbocycles. The van der Waals surface area contributed by atoms with Crippen LogP contribution >= 0.6 is 11.8 Å². The minimum atomic E-state index is -4.33. The van der Waals surface area contributed by atoms with Crippen LogP contribution in [0.4, 0.5) is 13.2 Å². The van der Waals surface area contributed by atoms with Crippen LogP contribution in [0, 0.1) is 0 Å². The summed E-state index contributed by atoms with van der Waals surface area (Å²) in [5.74, 6) is 0.487. The Bertz CT molecular complexity index is 906. The number of aromatic nitrogens is 2. The monoisotopic (exact) mass is 439 g/mol. The van der Waals surface area contributed by atoms with E-state index in [0.29, 0.717) is 12.3 Å². The van der Waals surface area contributed by atoms with Gasteiger partial charge in [0.2, 0.25) is 0 Å². The first-order chi connectivity index (χ1) is 14.3. The molecule has 0 radical (unpaired) electrons. The zero-order valence-electron chi connectivity index (χ0n) is 17.5. The van der Waals surface area contributed by atoms with E-state index in [4.69, 9.17) is 0 Å². The van der Waals surface area contributed by atoms with Crippen molar-refractivity contribution in [2.45, 2.75) is 63.0 Å². The molecule has 8 heteroatoms. The molecule has 0 spiro atoms. The molecule has 0 N–H and O–H groups in total. The van der Waals surface area contributed by atoms with Crippen molar-refractivity contribution in [3.8, 4) is 0 Å². The van der Waals surface area contributed by atoms with Crippen molar-refractivity contribution in [3.05, 3.63) is 57.1 Å². The Hall–Kier alpha value is -1.80. The molecule has 4 nitrogen and oxygen atoms in total. The molecule has 0 atom stereocenters. The molecule has 3 rings (SSSR count). The molecule has 1 aromatic carbocycles. The van der Waals surface area contributed by atoms with Gasteiger partial charge in [-0.25, -0.2) is 4.79 Å². The Morgan fingerprint density at radius 2 is 1.77 bits per heavy atom. The van der Waals surface area contributed by atoms with Gasteiger partial charge in [0.25, 0.3) is 0 Å². The van der Waals surface area contributed by atoms with Crippen LogP contribution in [-0.2, 0) is 31.3 Å². The van der Waals surface area contributed by atoms with Crippen LogP contribution in [0.25, 0.3) is 0 Å². The lowest BCUT2D eigenvalue weighted by molar-refractivity contribution is -0.137. The van der Waals surface area contributed by atoms with E-state index in [2.05, 4.69) is 23.7 Å². The number of alkyl halides is 3. The first-order valence-electron chi connectivity index (χ1n) is 10.5. The molecule has 1 heterocycles. The lowest BCUT2D eigenvalue weighted by Gasteiger charge is -2.25. The maximum atomic E-state index is 12.8. The molecule has 164 valence electrons. The Balaban J connectivity index is 1.79. The standard InChI is InChI=1S/C22H28F3N3OS/c1-3-27(4-2)13-14-28-19-8-6-5-7-18(19)20(26-21(28)29)30-15-16-9-11-17(12-10-16)22(23,24)25/h9-12H,3-8,13-15H2,1-2H3. The lowest BCUT2D eigenvalue weighted by atomic mass is 9.97. The molecule has 0 saturated heterocycles. The lowest BCUT2D eigenvalue weighted by Crippen LogP contribution is -2.35. The third kappa shape index (κ3) is 5.46. The molecule has 0 aliphatic heterocycles. The van der Waals surface area contributed by atoms with Crippen molar-refractivity contribution in [1.29, 1.82) is 0 Å². The van der Waals surface area contributed by atoms with Crippen molar-refractivity contribution in [1.82, 2.24) is 14.5 Å². The van der Waals surface area contributed by atoms with E-state index in [0.717, 1.165) is 79.3 Å². The average molecular weight is 440 g/mol. The number of benzene rings is 1. The predicted octanol–water partition coefficient (Wildman–Crippen LogP) is 4.78. The molecule has 0 unspecified atom stereocenters. The van der Waals surface area contributed by atoms with Crippen LogP contribution in [0.2, 0.25) is 0 Å². The number of hydrogen-bond acceptors (Lipinski definition) is 4. The number of nitrogens with zero attached hydrogens (tertiary/aromatic N) is 3. The second-order valence-electron chi connectivity index (χ2n) is 7.49. The summed E-state index contributed by atoms with van der Waals surface area (Å²) in [5.41, 5.74) is 2.13. The molecular formula is C22H28F3N3OS. The second kappa shape index (κ2) is 10.0. The number of fused-ring (bicyclic) bond motifs is 1. The smallest absolute Gasteiger partial charge is 0.302 e. The van der Waals surface area contributed by atoms with Crippen LogP contribution in [0.5, 0.6) is 0 Å². The fourth-order valence-electron chi connectivity index (χ4n) is 3.82. The summed E-state index contributed by atoms with van der Waals surface area (Å²) in [6, 6.07) is 5.19. The average Bonchev–Trinajstić information content (AvgIpc) is 2.74. The van der Waals surface area contributed by atoms with Gasteiger partial charge in [0.05, 0.1) is 5.56 Å². The van der Waals surface area contributed by atoms with Gasteiger partial charge in [0, 0.05) is 30.1 Å². The topological polar surface area (TPSA) is 38.1 Å². The van der Waals surface area contributed by atoms with Gasteiger partial charge in [0.15, 0.2) is 0 Å². The summed E-state index contributed by atoms with van der Waals surface area (Å²) in [5, 5.41) is 0.730. The Labute approximate surface area is 179 Å². The van der Waals surface area contributed by atoms with Gasteiger partial charge in [-0.1, -0.05) is 26.0 Å². The van der Waals surface area contributed by atoms with Crippen molar-refractivity contribution < 1.29 is 13.2 Å². The fourth-order valence-corrected chi connectivity index (χ4v) is 4.85. The van der Waals surface area contributed by atoms with Crippen LogP contribution in [0.15, 0.2) is 34.1 Å². The molecule has 0 saturated carbocycles. The number of hydrogen-bond donors (Lipinski definition) is 0. The van der Waals surface area contributed by atoms with E-state index in [1.165, 1.54) is 23.9 Å². The zero-order chi connectivity index (χ0) is 21.7. The van der Waals surface area contributed by atoms with Gasteiger partial charge in [-0.3, -0.25) is 4.57 Å². The summed E-state index contributed by atoms with van der Waals surface area (Å²) in [6.07, 6.45) is -0.439. The number of likely N-dealkylation sites (N-methyl/N-ethyl adjacent to an activating group) is 1. The first-order valence-corrected chi connectivity index (χ1v) is 11.5. The number of rotatable bonds is 8. The van der Waals surface area contributed by atoms with Crippen molar-refractivity contribution in [2.75, 3.05) is 19.6 Å². The highest BCUT2D eigenvalue weighted by Gasteiger charge is 2.30. The minimum absolute atomic E-state index is 0.224. The van der Waals surface area contributed by atoms with Crippen molar-refractivity contribution >= 4 is 11.8 Å². The zero-order valence-corrected chi connectivity index (χ0v) is 18.3. The molecule has 0 amide bonds. The third-order valence-corrected chi connectivity index (χ3v) is 6.73. The predicted molar refractivity (Wildman–Crippen MR) is 114 cm³/mol. The normalized spacial score (nSPS) is 14.2. The summed E-state index contributed by atoms with van der Waals surface area (Å²) in [7, 11) is 0. The largest absolute Gasteiger partial charge is 0.416 e. The highest BCUT2D eigenvalue weighted by molar-refractivity contribution is 7.98.